The molecule has 2 aromatic rings. The van der Waals surface area contributed by atoms with E-state index in [0.29, 0.717) is 0 Å². The lowest BCUT2D eigenvalue weighted by Gasteiger charge is -2.45. The number of rotatable bonds is 8. The van der Waals surface area contributed by atoms with Crippen molar-refractivity contribution < 1.29 is 62.3 Å². The second-order valence-electron chi connectivity index (χ2n) is 15.0. The summed E-state index contributed by atoms with van der Waals surface area (Å²) in [6.07, 6.45) is -2.86. The largest absolute Gasteiger partial charge is 0.458 e. The van der Waals surface area contributed by atoms with E-state index in [1.807, 2.05) is 0 Å². The minimum atomic E-state index is -2.39. The monoisotopic (exact) mass is 762 g/mol. The molecule has 0 aliphatic heterocycles. The summed E-state index contributed by atoms with van der Waals surface area (Å²) in [7, 11) is 0. The van der Waals surface area contributed by atoms with Gasteiger partial charge in [0.15, 0.2) is 30.0 Å². The van der Waals surface area contributed by atoms with Gasteiger partial charge in [0.25, 0.3) is 0 Å². The van der Waals surface area contributed by atoms with Crippen LogP contribution < -0.4 is 0 Å². The first-order valence-corrected chi connectivity index (χ1v) is 18.1. The smallest absolute Gasteiger partial charge is 0.338 e. The third kappa shape index (κ3) is 9.88. The fourth-order valence-electron chi connectivity index (χ4n) is 7.46. The molecule has 296 valence electrons. The molecule has 0 amide bonds. The Bertz CT molecular complexity index is 1810. The van der Waals surface area contributed by atoms with Gasteiger partial charge < -0.3 is 33.5 Å². The zero-order valence-electron chi connectivity index (χ0n) is 32.6. The van der Waals surface area contributed by atoms with Gasteiger partial charge in [-0.2, -0.15) is 0 Å². The molecule has 2 aliphatic carbocycles. The van der Waals surface area contributed by atoms with Gasteiger partial charge in [0, 0.05) is 56.9 Å². The molecular formula is C42H50O13. The summed E-state index contributed by atoms with van der Waals surface area (Å²) in [5, 5.41) is 12.8. The summed E-state index contributed by atoms with van der Waals surface area (Å²) >= 11 is 0. The fourth-order valence-corrected chi connectivity index (χ4v) is 7.46. The highest BCUT2D eigenvalue weighted by molar-refractivity contribution is 5.90. The van der Waals surface area contributed by atoms with Gasteiger partial charge >= 0.3 is 35.8 Å². The highest BCUT2D eigenvalue weighted by atomic mass is 16.6. The number of fused-ring (bicyclic) bond motifs is 1. The van der Waals surface area contributed by atoms with Gasteiger partial charge in [-0.15, -0.1) is 0 Å². The lowest BCUT2D eigenvalue weighted by molar-refractivity contribution is -0.197. The summed E-state index contributed by atoms with van der Waals surface area (Å²) in [5.74, 6) is -6.12. The highest BCUT2D eigenvalue weighted by Crippen LogP contribution is 2.51. The molecule has 2 aromatic carbocycles. The molecule has 0 heterocycles. The van der Waals surface area contributed by atoms with E-state index in [-0.39, 0.29) is 23.1 Å². The average Bonchev–Trinajstić information content (AvgIpc) is 3.34. The van der Waals surface area contributed by atoms with Crippen molar-refractivity contribution in [1.29, 1.82) is 0 Å². The zero-order chi connectivity index (χ0) is 40.9. The molecular weight excluding hydrogens is 712 g/mol. The van der Waals surface area contributed by atoms with Crippen molar-refractivity contribution in [3.63, 3.8) is 0 Å². The Hall–Kier alpha value is -5.30. The van der Waals surface area contributed by atoms with E-state index in [2.05, 4.69) is 0 Å². The van der Waals surface area contributed by atoms with E-state index in [1.165, 1.54) is 39.0 Å². The van der Waals surface area contributed by atoms with Gasteiger partial charge in [0.2, 0.25) is 0 Å². The van der Waals surface area contributed by atoms with Crippen molar-refractivity contribution in [2.75, 3.05) is 0 Å². The predicted octanol–water partition coefficient (Wildman–Crippen LogP) is 5.48. The van der Waals surface area contributed by atoms with Gasteiger partial charge in [0.05, 0.1) is 11.1 Å². The van der Waals surface area contributed by atoms with Crippen molar-refractivity contribution in [3.05, 3.63) is 95.6 Å². The number of hydrogen-bond donors (Lipinski definition) is 1. The summed E-state index contributed by atoms with van der Waals surface area (Å²) in [6, 6.07) is 16.0. The van der Waals surface area contributed by atoms with Gasteiger partial charge in [-0.1, -0.05) is 76.2 Å². The van der Waals surface area contributed by atoms with Crippen LogP contribution in [0, 0.1) is 17.3 Å². The molecule has 9 atom stereocenters. The number of carbonyl (C=O) groups is 6. The SMILES string of the molecule is CC(=O)O[C@@H]1[C@@H](OC(C)=O)C(C)(C)C=C[C@H](C)[C@H](OC(C)=O)[C@@]2(OC(C)=O)C[C@H](C)[C@H](OC(=O)c3ccccc3)C2=C[C@](C)(O)[C@@H]1OC(=O)c1ccccc1. The molecule has 0 radical (unpaired) electrons. The van der Waals surface area contributed by atoms with Gasteiger partial charge in [-0.05, 0) is 37.3 Å². The van der Waals surface area contributed by atoms with Crippen molar-refractivity contribution in [3.8, 4) is 0 Å². The lowest BCUT2D eigenvalue weighted by atomic mass is 9.74. The first-order valence-electron chi connectivity index (χ1n) is 18.1. The Morgan fingerprint density at radius 2 is 1.13 bits per heavy atom. The molecule has 4 rings (SSSR count). The number of hydrogen-bond acceptors (Lipinski definition) is 13. The van der Waals surface area contributed by atoms with Crippen LogP contribution in [0.2, 0.25) is 0 Å². The Morgan fingerprint density at radius 1 is 0.636 bits per heavy atom. The number of benzene rings is 2. The van der Waals surface area contributed by atoms with Gasteiger partial charge in [0.1, 0.15) is 11.7 Å². The molecule has 0 bridgehead atoms. The van der Waals surface area contributed by atoms with Crippen LogP contribution in [0.1, 0.15) is 89.5 Å². The summed E-state index contributed by atoms with van der Waals surface area (Å²) in [6.45, 7) is 12.7. The second kappa shape index (κ2) is 17.0. The number of aliphatic hydroxyl groups is 1. The molecule has 0 aromatic heterocycles. The van der Waals surface area contributed by atoms with Crippen molar-refractivity contribution in [1.82, 2.24) is 0 Å². The second-order valence-corrected chi connectivity index (χ2v) is 15.0. The van der Waals surface area contributed by atoms with Gasteiger partial charge in [-0.3, -0.25) is 19.2 Å². The molecule has 1 saturated carbocycles. The molecule has 13 heteroatoms. The maximum Gasteiger partial charge on any atom is 0.338 e. The average molecular weight is 763 g/mol. The Morgan fingerprint density at radius 3 is 1.62 bits per heavy atom. The van der Waals surface area contributed by atoms with E-state index in [4.69, 9.17) is 28.4 Å². The topological polar surface area (TPSA) is 178 Å². The van der Waals surface area contributed by atoms with Crippen LogP contribution in [0.4, 0.5) is 0 Å². The third-order valence-electron chi connectivity index (χ3n) is 9.76. The van der Waals surface area contributed by atoms with E-state index in [9.17, 15) is 33.9 Å². The van der Waals surface area contributed by atoms with E-state index < -0.39 is 94.8 Å². The van der Waals surface area contributed by atoms with Gasteiger partial charge in [-0.25, -0.2) is 9.59 Å². The zero-order valence-corrected chi connectivity index (χ0v) is 32.6. The summed E-state index contributed by atoms with van der Waals surface area (Å²) in [5.41, 5.74) is -5.18. The molecule has 1 N–H and O–H groups in total. The maximum atomic E-state index is 13.9. The van der Waals surface area contributed by atoms with E-state index in [0.717, 1.165) is 13.8 Å². The Kier molecular flexibility index (Phi) is 13.1. The predicted molar refractivity (Wildman–Crippen MR) is 197 cm³/mol. The fraction of sp³-hybridized carbons (Fsp3) is 0.476. The number of carbonyl (C=O) groups excluding carboxylic acids is 6. The Labute approximate surface area is 320 Å². The minimum Gasteiger partial charge on any atom is -0.458 e. The van der Waals surface area contributed by atoms with Crippen LogP contribution in [0.5, 0.6) is 0 Å². The quantitative estimate of drug-likeness (QED) is 0.203. The first-order chi connectivity index (χ1) is 25.7. The van der Waals surface area contributed by atoms with Crippen LogP contribution in [0.3, 0.4) is 0 Å². The van der Waals surface area contributed by atoms with Crippen molar-refractivity contribution in [2.45, 2.75) is 110 Å². The molecule has 55 heavy (non-hydrogen) atoms. The number of ether oxygens (including phenoxy) is 6. The van der Waals surface area contributed by atoms with Crippen LogP contribution in [0.15, 0.2) is 84.5 Å². The summed E-state index contributed by atoms with van der Waals surface area (Å²) < 4.78 is 36.1. The van der Waals surface area contributed by atoms with Crippen LogP contribution in [-0.4, -0.2) is 82.6 Å². The molecule has 0 spiro atoms. The first kappa shape index (κ1) is 42.4. The third-order valence-corrected chi connectivity index (χ3v) is 9.76. The lowest BCUT2D eigenvalue weighted by Crippen LogP contribution is -2.59. The van der Waals surface area contributed by atoms with Crippen molar-refractivity contribution >= 4 is 35.8 Å². The molecule has 2 aliphatic rings. The molecule has 0 saturated heterocycles. The molecule has 1 fully saturated rings. The highest BCUT2D eigenvalue weighted by Gasteiger charge is 2.61. The maximum absolute atomic E-state index is 13.9. The Balaban J connectivity index is 2.12. The minimum absolute atomic E-state index is 0.0159. The summed E-state index contributed by atoms with van der Waals surface area (Å²) in [4.78, 5) is 79.1. The van der Waals surface area contributed by atoms with E-state index >= 15 is 0 Å². The van der Waals surface area contributed by atoms with E-state index in [1.54, 1.807) is 88.4 Å². The van der Waals surface area contributed by atoms with Crippen molar-refractivity contribution in [2.24, 2.45) is 17.3 Å². The normalized spacial score (nSPS) is 30.1. The molecule has 13 nitrogen and oxygen atoms in total. The van der Waals surface area contributed by atoms with Crippen LogP contribution in [0.25, 0.3) is 0 Å². The number of esters is 6. The standard InChI is InChI=1S/C42H50O13/c1-24-20-21-40(7,8)36(52-28(5)45)34(50-26(3)43)37(54-39(48)31-18-14-11-15-19-31)41(9,49)23-32-33(53-38(47)30-16-12-10-13-17-30)25(2)22-42(32,55-29(6)46)35(24)51-27(4)44/h10-21,23-25,33-37,49H,22H2,1-9H3/t24-,25-,33-,34+,35-,36+,37+,41-,42+/m0/s1. The van der Waals surface area contributed by atoms with Crippen LogP contribution in [-0.2, 0) is 47.6 Å². The van der Waals surface area contributed by atoms with Crippen LogP contribution >= 0.6 is 0 Å². The molecule has 0 unspecified atom stereocenters.